The van der Waals surface area contributed by atoms with Gasteiger partial charge in [0.2, 0.25) is 0 Å². The summed E-state index contributed by atoms with van der Waals surface area (Å²) >= 11 is 0. The number of nitrogens with zero attached hydrogens (tertiary/aromatic N) is 3. The molecule has 0 unspecified atom stereocenters. The van der Waals surface area contributed by atoms with E-state index in [2.05, 4.69) is 10.3 Å². The maximum Gasteiger partial charge on any atom is 0.311 e. The Hall–Kier alpha value is -3.42. The lowest BCUT2D eigenvalue weighted by molar-refractivity contribution is -0.385. The van der Waals surface area contributed by atoms with E-state index in [0.29, 0.717) is 19.6 Å². The number of nitro groups is 1. The number of ether oxygens (including phenoxy) is 1. The average Bonchev–Trinajstić information content (AvgIpc) is 3.06. The van der Waals surface area contributed by atoms with Crippen LogP contribution in [-0.4, -0.2) is 33.4 Å². The summed E-state index contributed by atoms with van der Waals surface area (Å²) < 4.78 is 7.22. The minimum Gasteiger partial charge on any atom is -0.487 e. The van der Waals surface area contributed by atoms with E-state index in [1.54, 1.807) is 6.92 Å². The first-order valence-electron chi connectivity index (χ1n) is 8.62. The summed E-state index contributed by atoms with van der Waals surface area (Å²) in [6.45, 7) is 4.43. The van der Waals surface area contributed by atoms with Crippen LogP contribution in [0.25, 0.3) is 5.65 Å². The Labute approximate surface area is 155 Å². The van der Waals surface area contributed by atoms with Crippen molar-refractivity contribution in [3.63, 3.8) is 0 Å². The number of nitro benzene ring substituents is 1. The molecule has 0 radical (unpaired) electrons. The third-order valence-corrected chi connectivity index (χ3v) is 4.13. The molecule has 0 spiro atoms. The van der Waals surface area contributed by atoms with Crippen molar-refractivity contribution in [3.05, 3.63) is 69.7 Å². The van der Waals surface area contributed by atoms with Crippen LogP contribution < -0.4 is 10.1 Å². The molecule has 140 valence electrons. The number of carbonyl (C=O) groups is 1. The lowest BCUT2D eigenvalue weighted by Crippen LogP contribution is -2.25. The summed E-state index contributed by atoms with van der Waals surface area (Å²) in [5.74, 6) is -0.222. The van der Waals surface area contributed by atoms with E-state index in [1.807, 2.05) is 35.7 Å². The van der Waals surface area contributed by atoms with E-state index < -0.39 is 4.92 Å². The number of aromatic nitrogens is 2. The van der Waals surface area contributed by atoms with Gasteiger partial charge < -0.3 is 14.5 Å². The Morgan fingerprint density at radius 1 is 1.33 bits per heavy atom. The standard InChI is InChI=1S/C19H20N4O4/c1-3-27-17-8-7-14(11-16(17)23(25)26)19(24)20-10-9-15-12-22-13(2)5-4-6-18(22)21-15/h4-8,11-12H,3,9-10H2,1-2H3,(H,20,24). The lowest BCUT2D eigenvalue weighted by atomic mass is 10.1. The number of aryl methyl sites for hydroxylation is 1. The molecular weight excluding hydrogens is 348 g/mol. The molecule has 0 aliphatic rings. The van der Waals surface area contributed by atoms with Crippen LogP contribution in [0.4, 0.5) is 5.69 Å². The second kappa shape index (κ2) is 7.86. The van der Waals surface area contributed by atoms with Crippen LogP contribution >= 0.6 is 0 Å². The van der Waals surface area contributed by atoms with E-state index in [9.17, 15) is 14.9 Å². The lowest BCUT2D eigenvalue weighted by Gasteiger charge is -2.07. The number of amides is 1. The summed E-state index contributed by atoms with van der Waals surface area (Å²) in [5, 5.41) is 13.9. The highest BCUT2D eigenvalue weighted by Crippen LogP contribution is 2.27. The number of fused-ring (bicyclic) bond motifs is 1. The summed E-state index contributed by atoms with van der Waals surface area (Å²) in [4.78, 5) is 27.4. The van der Waals surface area contributed by atoms with Gasteiger partial charge in [0.25, 0.3) is 5.91 Å². The molecule has 1 aromatic carbocycles. The maximum atomic E-state index is 12.3. The average molecular weight is 368 g/mol. The van der Waals surface area contributed by atoms with Gasteiger partial charge in [-0.2, -0.15) is 0 Å². The van der Waals surface area contributed by atoms with Crippen molar-refractivity contribution in [3.8, 4) is 5.75 Å². The van der Waals surface area contributed by atoms with E-state index in [0.717, 1.165) is 17.0 Å². The first-order valence-corrected chi connectivity index (χ1v) is 8.62. The molecule has 8 heteroatoms. The van der Waals surface area contributed by atoms with Crippen molar-refractivity contribution in [2.24, 2.45) is 0 Å². The summed E-state index contributed by atoms with van der Waals surface area (Å²) in [7, 11) is 0. The van der Waals surface area contributed by atoms with Crippen molar-refractivity contribution >= 4 is 17.2 Å². The van der Waals surface area contributed by atoms with E-state index in [4.69, 9.17) is 4.74 Å². The Bertz CT molecular complexity index is 997. The zero-order valence-corrected chi connectivity index (χ0v) is 15.1. The highest BCUT2D eigenvalue weighted by atomic mass is 16.6. The molecule has 0 aliphatic carbocycles. The van der Waals surface area contributed by atoms with E-state index in [1.165, 1.54) is 18.2 Å². The number of rotatable bonds is 7. The van der Waals surface area contributed by atoms with Crippen LogP contribution in [0.2, 0.25) is 0 Å². The van der Waals surface area contributed by atoms with Gasteiger partial charge in [-0.15, -0.1) is 0 Å². The molecule has 0 saturated heterocycles. The minimum atomic E-state index is -0.555. The number of imidazole rings is 1. The molecular formula is C19H20N4O4. The number of carbonyl (C=O) groups excluding carboxylic acids is 1. The number of hydrogen-bond acceptors (Lipinski definition) is 5. The fourth-order valence-electron chi connectivity index (χ4n) is 2.80. The smallest absolute Gasteiger partial charge is 0.311 e. The van der Waals surface area contributed by atoms with Crippen LogP contribution in [0.3, 0.4) is 0 Å². The second-order valence-corrected chi connectivity index (χ2v) is 6.01. The van der Waals surface area contributed by atoms with Gasteiger partial charge in [-0.05, 0) is 38.1 Å². The fourth-order valence-corrected chi connectivity index (χ4v) is 2.80. The van der Waals surface area contributed by atoms with Gasteiger partial charge in [0.1, 0.15) is 5.65 Å². The molecule has 27 heavy (non-hydrogen) atoms. The summed E-state index contributed by atoms with van der Waals surface area (Å²) in [6, 6.07) is 10.1. The van der Waals surface area contributed by atoms with Gasteiger partial charge >= 0.3 is 5.69 Å². The number of pyridine rings is 1. The van der Waals surface area contributed by atoms with Crippen LogP contribution in [0.1, 0.15) is 28.7 Å². The van der Waals surface area contributed by atoms with Crippen molar-refractivity contribution in [2.45, 2.75) is 20.3 Å². The molecule has 0 fully saturated rings. The summed E-state index contributed by atoms with van der Waals surface area (Å²) in [6.07, 6.45) is 2.50. The first kappa shape index (κ1) is 18.4. The molecule has 2 heterocycles. The zero-order valence-electron chi connectivity index (χ0n) is 15.1. The monoisotopic (exact) mass is 368 g/mol. The second-order valence-electron chi connectivity index (χ2n) is 6.01. The van der Waals surface area contributed by atoms with Crippen LogP contribution in [0.15, 0.2) is 42.6 Å². The molecule has 0 bridgehead atoms. The zero-order chi connectivity index (χ0) is 19.4. The van der Waals surface area contributed by atoms with Gasteiger partial charge in [-0.25, -0.2) is 4.98 Å². The highest BCUT2D eigenvalue weighted by Gasteiger charge is 2.18. The molecule has 3 aromatic rings. The number of benzene rings is 1. The molecule has 1 amide bonds. The minimum absolute atomic E-state index is 0.152. The topological polar surface area (TPSA) is 98.8 Å². The van der Waals surface area contributed by atoms with Crippen molar-refractivity contribution in [1.29, 1.82) is 0 Å². The Morgan fingerprint density at radius 3 is 2.85 bits per heavy atom. The number of nitrogens with one attached hydrogen (secondary N) is 1. The largest absolute Gasteiger partial charge is 0.487 e. The quantitative estimate of drug-likeness (QED) is 0.511. The SMILES string of the molecule is CCOc1ccc(C(=O)NCCc2cn3c(C)cccc3n2)cc1[N+](=O)[O-]. The molecule has 0 saturated carbocycles. The van der Waals surface area contributed by atoms with Crippen molar-refractivity contribution in [1.82, 2.24) is 14.7 Å². The number of hydrogen-bond donors (Lipinski definition) is 1. The molecule has 0 aliphatic heterocycles. The Morgan fingerprint density at radius 2 is 2.15 bits per heavy atom. The Balaban J connectivity index is 1.65. The first-order chi connectivity index (χ1) is 13.0. The maximum absolute atomic E-state index is 12.3. The van der Waals surface area contributed by atoms with Crippen LogP contribution in [-0.2, 0) is 6.42 Å². The normalized spacial score (nSPS) is 10.7. The predicted octanol–water partition coefficient (Wildman–Crippen LogP) is 2.92. The predicted molar refractivity (Wildman–Crippen MR) is 100 cm³/mol. The van der Waals surface area contributed by atoms with Crippen molar-refractivity contribution < 1.29 is 14.5 Å². The van der Waals surface area contributed by atoms with Crippen LogP contribution in [0, 0.1) is 17.0 Å². The van der Waals surface area contributed by atoms with E-state index in [-0.39, 0.29) is 22.9 Å². The van der Waals surface area contributed by atoms with Gasteiger partial charge in [-0.3, -0.25) is 14.9 Å². The van der Waals surface area contributed by atoms with Gasteiger partial charge in [0.15, 0.2) is 5.75 Å². The molecule has 0 atom stereocenters. The summed E-state index contributed by atoms with van der Waals surface area (Å²) in [5.41, 5.74) is 2.80. The third-order valence-electron chi connectivity index (χ3n) is 4.13. The van der Waals surface area contributed by atoms with Gasteiger partial charge in [-0.1, -0.05) is 6.07 Å². The van der Waals surface area contributed by atoms with E-state index >= 15 is 0 Å². The third kappa shape index (κ3) is 4.05. The van der Waals surface area contributed by atoms with Crippen molar-refractivity contribution in [2.75, 3.05) is 13.2 Å². The Kier molecular flexibility index (Phi) is 5.35. The highest BCUT2D eigenvalue weighted by molar-refractivity contribution is 5.95. The van der Waals surface area contributed by atoms with Crippen LogP contribution in [0.5, 0.6) is 5.75 Å². The molecule has 3 rings (SSSR count). The van der Waals surface area contributed by atoms with Gasteiger partial charge in [0.05, 0.1) is 17.2 Å². The van der Waals surface area contributed by atoms with Gasteiger partial charge in [0, 0.05) is 36.5 Å². The fraction of sp³-hybridized carbons (Fsp3) is 0.263. The molecule has 2 aromatic heterocycles. The molecule has 1 N–H and O–H groups in total. The molecule has 8 nitrogen and oxygen atoms in total.